The highest BCUT2D eigenvalue weighted by Crippen LogP contribution is 2.40. The van der Waals surface area contributed by atoms with Gasteiger partial charge in [-0.25, -0.2) is 0 Å². The molecule has 0 aliphatic rings. The quantitative estimate of drug-likeness (QED) is 0.0588. The predicted octanol–water partition coefficient (Wildman–Crippen LogP) is 8.93. The summed E-state index contributed by atoms with van der Waals surface area (Å²) in [4.78, 5) is 33.5. The number of nitrogens with one attached hydrogen (secondary N) is 8. The number of anilines is 2. The topological polar surface area (TPSA) is 138 Å². The lowest BCUT2D eigenvalue weighted by Gasteiger charge is -2.18. The van der Waals surface area contributed by atoms with Crippen molar-refractivity contribution in [3.63, 3.8) is 0 Å². The molecule has 2 aromatic heterocycles. The second-order valence-electron chi connectivity index (χ2n) is 12.4. The number of halogens is 2. The number of amides is 2. The first-order chi connectivity index (χ1) is 26.1. The molecule has 14 heteroatoms. The number of fused-ring (bicyclic) bond motifs is 2. The zero-order valence-electron chi connectivity index (χ0n) is 28.5. The van der Waals surface area contributed by atoms with Crippen LogP contribution in [0.25, 0.3) is 21.8 Å². The van der Waals surface area contributed by atoms with Gasteiger partial charge in [-0.2, -0.15) is 0 Å². The van der Waals surface area contributed by atoms with E-state index in [0.717, 1.165) is 64.4 Å². The van der Waals surface area contributed by atoms with Crippen LogP contribution in [0.4, 0.5) is 11.4 Å². The number of H-pyrrole nitrogens is 2. The molecule has 0 aliphatic carbocycles. The maximum absolute atomic E-state index is 13.4. The van der Waals surface area contributed by atoms with Gasteiger partial charge in [0.2, 0.25) is 0 Å². The first-order valence-corrected chi connectivity index (χ1v) is 19.1. The average Bonchev–Trinajstić information content (AvgIpc) is 3.79. The maximum atomic E-state index is 13.4. The molecule has 7 aromatic rings. The second-order valence-corrected chi connectivity index (χ2v) is 15.1. The van der Waals surface area contributed by atoms with Gasteiger partial charge < -0.3 is 20.6 Å². The van der Waals surface area contributed by atoms with E-state index in [1.165, 1.54) is 0 Å². The molecule has 0 saturated heterocycles. The summed E-state index contributed by atoms with van der Waals surface area (Å²) in [6, 6.07) is 34.5. The predicted molar refractivity (Wildman–Crippen MR) is 231 cm³/mol. The van der Waals surface area contributed by atoms with Crippen LogP contribution in [0.3, 0.4) is 0 Å². The Hall–Kier alpha value is -5.54. The van der Waals surface area contributed by atoms with Crippen LogP contribution in [0.1, 0.15) is 48.9 Å². The van der Waals surface area contributed by atoms with E-state index in [0.29, 0.717) is 11.1 Å². The van der Waals surface area contributed by atoms with Gasteiger partial charge in [-0.15, -0.1) is 0 Å². The van der Waals surface area contributed by atoms with Crippen molar-refractivity contribution >= 4 is 112 Å². The first-order valence-electron chi connectivity index (χ1n) is 16.7. The minimum atomic E-state index is -0.348. The molecule has 2 heterocycles. The Bertz CT molecular complexity index is 2360. The fourth-order valence-corrected chi connectivity index (χ4v) is 6.96. The molecule has 2 amide bonds. The van der Waals surface area contributed by atoms with Crippen molar-refractivity contribution in [3.8, 4) is 0 Å². The van der Waals surface area contributed by atoms with Gasteiger partial charge in [0, 0.05) is 71.6 Å². The van der Waals surface area contributed by atoms with Crippen molar-refractivity contribution in [2.75, 3.05) is 10.6 Å². The van der Waals surface area contributed by atoms with Crippen molar-refractivity contribution in [2.24, 2.45) is 0 Å². The number of carbonyl (C=O) groups is 2. The number of hydrazine groups is 2. The van der Waals surface area contributed by atoms with Crippen molar-refractivity contribution in [3.05, 3.63) is 164 Å². The molecule has 0 bridgehead atoms. The summed E-state index contributed by atoms with van der Waals surface area (Å²) >= 11 is 17.6. The van der Waals surface area contributed by atoms with Crippen LogP contribution in [0, 0.1) is 6.92 Å². The highest BCUT2D eigenvalue weighted by Gasteiger charge is 2.25. The molecule has 10 nitrogen and oxygen atoms in total. The van der Waals surface area contributed by atoms with Crippen LogP contribution in [0.2, 0.25) is 0 Å². The summed E-state index contributed by atoms with van der Waals surface area (Å²) in [5, 5.41) is 8.35. The first kappa shape index (κ1) is 36.8. The van der Waals surface area contributed by atoms with Gasteiger partial charge in [0.25, 0.3) is 11.8 Å². The van der Waals surface area contributed by atoms with Crippen LogP contribution < -0.4 is 32.3 Å². The summed E-state index contributed by atoms with van der Waals surface area (Å²) < 4.78 is 1.89. The second kappa shape index (κ2) is 16.2. The molecular formula is C40H32Br2N8O2S2. The normalized spacial score (nSPS) is 11.0. The highest BCUT2D eigenvalue weighted by atomic mass is 79.9. The van der Waals surface area contributed by atoms with Crippen LogP contribution in [-0.4, -0.2) is 32.0 Å². The largest absolute Gasteiger partial charge is 0.361 e. The van der Waals surface area contributed by atoms with Gasteiger partial charge >= 0.3 is 0 Å². The molecule has 0 unspecified atom stereocenters. The van der Waals surface area contributed by atoms with Gasteiger partial charge in [0.05, 0.1) is 0 Å². The van der Waals surface area contributed by atoms with Crippen LogP contribution >= 0.6 is 56.3 Å². The van der Waals surface area contributed by atoms with Gasteiger partial charge in [-0.1, -0.05) is 61.7 Å². The molecule has 5 aromatic carbocycles. The molecule has 8 N–H and O–H groups in total. The van der Waals surface area contributed by atoms with Gasteiger partial charge in [0.1, 0.15) is 0 Å². The highest BCUT2D eigenvalue weighted by molar-refractivity contribution is 9.10. The molecular weight excluding hydrogens is 848 g/mol. The molecule has 0 fully saturated rings. The number of rotatable bonds is 7. The lowest BCUT2D eigenvalue weighted by atomic mass is 9.84. The van der Waals surface area contributed by atoms with E-state index in [4.69, 9.17) is 24.4 Å². The van der Waals surface area contributed by atoms with Crippen molar-refractivity contribution in [1.29, 1.82) is 0 Å². The van der Waals surface area contributed by atoms with E-state index in [9.17, 15) is 9.59 Å². The minimum absolute atomic E-state index is 0.247. The number of aromatic amines is 2. The fraction of sp³-hybridized carbons (Fsp3) is 0.0500. The van der Waals surface area contributed by atoms with E-state index in [1.54, 1.807) is 12.1 Å². The van der Waals surface area contributed by atoms with Crippen LogP contribution in [-0.2, 0) is 0 Å². The third-order valence-electron chi connectivity index (χ3n) is 8.77. The molecule has 0 radical (unpaired) electrons. The minimum Gasteiger partial charge on any atom is -0.361 e. The molecule has 54 heavy (non-hydrogen) atoms. The molecule has 0 atom stereocenters. The Morgan fingerprint density at radius 2 is 1.00 bits per heavy atom. The third kappa shape index (κ3) is 8.47. The molecule has 0 spiro atoms. The molecule has 0 aliphatic heterocycles. The molecule has 7 rings (SSSR count). The number of aryl methyl sites for hydroxylation is 1. The fourth-order valence-electron chi connectivity index (χ4n) is 6.09. The Balaban J connectivity index is 1.15. The lowest BCUT2D eigenvalue weighted by molar-refractivity contribution is 0.0936. The summed E-state index contributed by atoms with van der Waals surface area (Å²) in [6.45, 7) is 2.05. The van der Waals surface area contributed by atoms with Gasteiger partial charge in [-0.05, 0) is 133 Å². The van der Waals surface area contributed by atoms with Crippen LogP contribution in [0.5, 0.6) is 0 Å². The number of aromatic nitrogens is 2. The zero-order chi connectivity index (χ0) is 37.8. The van der Waals surface area contributed by atoms with Gasteiger partial charge in [0.15, 0.2) is 10.2 Å². The van der Waals surface area contributed by atoms with Gasteiger partial charge in [-0.3, -0.25) is 31.3 Å². The molecule has 270 valence electrons. The van der Waals surface area contributed by atoms with E-state index in [-0.39, 0.29) is 28.0 Å². The summed E-state index contributed by atoms with van der Waals surface area (Å²) in [5.41, 5.74) is 19.3. The van der Waals surface area contributed by atoms with E-state index >= 15 is 0 Å². The van der Waals surface area contributed by atoms with Crippen molar-refractivity contribution < 1.29 is 9.59 Å². The summed E-state index contributed by atoms with van der Waals surface area (Å²) in [6.07, 6.45) is 3.95. The smallest absolute Gasteiger partial charge is 0.269 e. The molecule has 0 saturated carbocycles. The number of thiocarbonyl (C=S) groups is 2. The Kier molecular flexibility index (Phi) is 11.1. The number of carbonyl (C=O) groups excluding carboxylic acids is 2. The Morgan fingerprint density at radius 3 is 1.43 bits per heavy atom. The Morgan fingerprint density at radius 1 is 0.574 bits per heavy atom. The van der Waals surface area contributed by atoms with E-state index in [1.807, 2.05) is 92.1 Å². The number of benzene rings is 5. The zero-order valence-corrected chi connectivity index (χ0v) is 33.3. The summed E-state index contributed by atoms with van der Waals surface area (Å²) in [7, 11) is 0. The SMILES string of the molecule is Cc1ccc(C(c2c[nH]c3ccc(C(=O)NNC(=S)Nc4ccc(Br)cc4)cc23)c2c[nH]c3ccc(C(=O)NNC(=S)Nc4ccc(Br)cc4)cc23)cc1. The van der Waals surface area contributed by atoms with Crippen molar-refractivity contribution in [2.45, 2.75) is 12.8 Å². The number of hydrogen-bond donors (Lipinski definition) is 8. The third-order valence-corrected chi connectivity index (χ3v) is 10.2. The van der Waals surface area contributed by atoms with E-state index in [2.05, 4.69) is 98.4 Å². The van der Waals surface area contributed by atoms with Crippen LogP contribution in [0.15, 0.2) is 131 Å². The van der Waals surface area contributed by atoms with E-state index < -0.39 is 0 Å². The number of hydrogen-bond acceptors (Lipinski definition) is 4. The monoisotopic (exact) mass is 878 g/mol. The lowest BCUT2D eigenvalue weighted by Crippen LogP contribution is -2.43. The standard InChI is InChI=1S/C40H32Br2N8O2S2/c1-22-2-4-23(5-3-22)36(32-20-43-34-16-6-24(18-30(32)34)37(51)47-49-39(53)45-28-12-8-26(41)9-13-28)33-21-44-35-17-7-25(19-31(33)35)38(52)48-50-40(54)46-29-14-10-27(42)11-15-29/h2-21,36,43-44H,1H3,(H,47,51)(H,48,52)(H2,45,49,53)(H2,46,50,54). The maximum Gasteiger partial charge on any atom is 0.269 e. The summed E-state index contributed by atoms with van der Waals surface area (Å²) in [5.74, 6) is -0.955. The van der Waals surface area contributed by atoms with Crippen molar-refractivity contribution in [1.82, 2.24) is 31.7 Å². The Labute approximate surface area is 338 Å². The average molecular weight is 881 g/mol.